The minimum atomic E-state index is 0.0118. The zero-order valence-corrected chi connectivity index (χ0v) is 12.6. The molecule has 2 aliphatic heterocycles. The Labute approximate surface area is 134 Å². The Bertz CT molecular complexity index is 827. The van der Waals surface area contributed by atoms with E-state index in [9.17, 15) is 4.79 Å². The highest BCUT2D eigenvalue weighted by Gasteiger charge is 2.26. The third-order valence-corrected chi connectivity index (χ3v) is 4.19. The predicted octanol–water partition coefficient (Wildman–Crippen LogP) is 1.57. The number of nitrogens with two attached hydrogens (primary N) is 1. The maximum absolute atomic E-state index is 12.6. The van der Waals surface area contributed by atoms with E-state index in [1.165, 1.54) is 0 Å². The van der Waals surface area contributed by atoms with Gasteiger partial charge < -0.3 is 9.47 Å². The average molecular weight is 309 g/mol. The fourth-order valence-electron chi connectivity index (χ4n) is 2.99. The molecule has 2 aliphatic rings. The summed E-state index contributed by atoms with van der Waals surface area (Å²) >= 11 is 0. The molecule has 2 heterocycles. The van der Waals surface area contributed by atoms with E-state index in [1.54, 1.807) is 18.2 Å². The molecule has 0 spiro atoms. The molecule has 0 radical (unpaired) electrons. The van der Waals surface area contributed by atoms with Gasteiger partial charge in [-0.05, 0) is 24.3 Å². The molecule has 23 heavy (non-hydrogen) atoms. The third-order valence-electron chi connectivity index (χ3n) is 4.19. The van der Waals surface area contributed by atoms with Crippen molar-refractivity contribution >= 4 is 11.6 Å². The molecule has 2 N–H and O–H groups in total. The number of ether oxygens (including phenoxy) is 2. The predicted molar refractivity (Wildman–Crippen MR) is 85.3 cm³/mol. The van der Waals surface area contributed by atoms with Crippen LogP contribution in [0.2, 0.25) is 0 Å². The van der Waals surface area contributed by atoms with Crippen molar-refractivity contribution < 1.29 is 18.8 Å². The number of carbonyl (C=O) groups is 1. The molecule has 0 aliphatic carbocycles. The van der Waals surface area contributed by atoms with E-state index in [0.29, 0.717) is 42.7 Å². The summed E-state index contributed by atoms with van der Waals surface area (Å²) < 4.78 is 12.9. The number of benzene rings is 2. The summed E-state index contributed by atoms with van der Waals surface area (Å²) in [4.78, 5) is 12.6. The number of ketones is 1. The number of amidine groups is 1. The molecular weight excluding hydrogens is 292 g/mol. The molecule has 0 amide bonds. The van der Waals surface area contributed by atoms with Crippen molar-refractivity contribution in [3.8, 4) is 11.5 Å². The topological polar surface area (TPSA) is 64.6 Å². The van der Waals surface area contributed by atoms with Crippen LogP contribution in [-0.2, 0) is 6.54 Å². The first-order valence-corrected chi connectivity index (χ1v) is 7.61. The molecule has 4 rings (SSSR count). The number of hydrogen-bond acceptors (Lipinski definition) is 4. The van der Waals surface area contributed by atoms with Crippen LogP contribution in [-0.4, -0.2) is 36.0 Å². The van der Waals surface area contributed by atoms with Gasteiger partial charge in [-0.2, -0.15) is 0 Å². The maximum Gasteiger partial charge on any atom is 0.276 e. The maximum atomic E-state index is 12.6. The van der Waals surface area contributed by atoms with Crippen LogP contribution in [0.4, 0.5) is 0 Å². The SMILES string of the molecule is NC1=[N+](CC(=O)c2ccc3c(c2)OCCO3)Cc2ccccc21. The van der Waals surface area contributed by atoms with Gasteiger partial charge in [0.1, 0.15) is 26.3 Å². The Hall–Kier alpha value is -2.82. The molecule has 2 aromatic carbocycles. The molecular formula is C18H17N2O3+. The number of rotatable bonds is 3. The second-order valence-corrected chi connectivity index (χ2v) is 5.68. The summed E-state index contributed by atoms with van der Waals surface area (Å²) in [5.74, 6) is 1.99. The fraction of sp³-hybridized carbons (Fsp3) is 0.222. The Kier molecular flexibility index (Phi) is 3.26. The third kappa shape index (κ3) is 2.44. The van der Waals surface area contributed by atoms with Crippen LogP contribution >= 0.6 is 0 Å². The fourth-order valence-corrected chi connectivity index (χ4v) is 2.99. The lowest BCUT2D eigenvalue weighted by Gasteiger charge is -2.18. The summed E-state index contributed by atoms with van der Waals surface area (Å²) in [5, 5.41) is 0. The highest BCUT2D eigenvalue weighted by molar-refractivity contribution is 6.00. The van der Waals surface area contributed by atoms with Gasteiger partial charge in [0.25, 0.3) is 5.84 Å². The molecule has 5 heteroatoms. The van der Waals surface area contributed by atoms with Crippen LogP contribution in [0.1, 0.15) is 21.5 Å². The number of nitrogens with zero attached hydrogens (tertiary/aromatic N) is 1. The lowest BCUT2D eigenvalue weighted by Crippen LogP contribution is -2.28. The largest absolute Gasteiger partial charge is 0.486 e. The van der Waals surface area contributed by atoms with Crippen molar-refractivity contribution in [2.75, 3.05) is 19.8 Å². The molecule has 0 saturated heterocycles. The van der Waals surface area contributed by atoms with E-state index < -0.39 is 0 Å². The average Bonchev–Trinajstić information content (AvgIpc) is 2.91. The van der Waals surface area contributed by atoms with Gasteiger partial charge in [-0.3, -0.25) is 10.5 Å². The molecule has 0 unspecified atom stereocenters. The van der Waals surface area contributed by atoms with Crippen LogP contribution in [0, 0.1) is 0 Å². The number of Topliss-reactive ketones (excluding diaryl/α,β-unsaturated/α-hetero) is 1. The summed E-state index contributed by atoms with van der Waals surface area (Å²) in [5.41, 5.74) is 8.95. The van der Waals surface area contributed by atoms with Gasteiger partial charge in [0.2, 0.25) is 5.78 Å². The lowest BCUT2D eigenvalue weighted by atomic mass is 10.1. The van der Waals surface area contributed by atoms with Crippen LogP contribution in [0.15, 0.2) is 42.5 Å². The quantitative estimate of drug-likeness (QED) is 0.690. The van der Waals surface area contributed by atoms with Gasteiger partial charge in [0.05, 0.1) is 5.56 Å². The Morgan fingerprint density at radius 3 is 2.70 bits per heavy atom. The summed E-state index contributed by atoms with van der Waals surface area (Å²) in [7, 11) is 0. The first kappa shape index (κ1) is 13.8. The van der Waals surface area contributed by atoms with Crippen molar-refractivity contribution in [1.29, 1.82) is 0 Å². The second kappa shape index (κ2) is 5.43. The number of carbonyl (C=O) groups excluding carboxylic acids is 1. The monoisotopic (exact) mass is 309 g/mol. The summed E-state index contributed by atoms with van der Waals surface area (Å²) in [6.07, 6.45) is 0. The lowest BCUT2D eigenvalue weighted by molar-refractivity contribution is -0.526. The second-order valence-electron chi connectivity index (χ2n) is 5.68. The highest BCUT2D eigenvalue weighted by Crippen LogP contribution is 2.31. The number of fused-ring (bicyclic) bond motifs is 2. The van der Waals surface area contributed by atoms with E-state index >= 15 is 0 Å². The minimum absolute atomic E-state index is 0.0118. The standard InChI is InChI=1S/C18H16N2O3/c19-18-14-4-2-1-3-13(14)10-20(18)11-15(21)12-5-6-16-17(9-12)23-8-7-22-16/h1-6,9,19H,7-8,10-11H2/p+1. The van der Waals surface area contributed by atoms with Crippen LogP contribution in [0.5, 0.6) is 11.5 Å². The minimum Gasteiger partial charge on any atom is -0.486 e. The molecule has 2 aromatic rings. The smallest absolute Gasteiger partial charge is 0.276 e. The highest BCUT2D eigenvalue weighted by atomic mass is 16.6. The number of hydrogen-bond donors (Lipinski definition) is 1. The molecule has 0 fully saturated rings. The van der Waals surface area contributed by atoms with Gasteiger partial charge in [-0.25, -0.2) is 4.58 Å². The van der Waals surface area contributed by atoms with Gasteiger partial charge in [-0.1, -0.05) is 18.2 Å². The normalized spacial score (nSPS) is 15.5. The molecule has 5 nitrogen and oxygen atoms in total. The summed E-state index contributed by atoms with van der Waals surface area (Å²) in [6, 6.07) is 13.3. The van der Waals surface area contributed by atoms with Gasteiger partial charge in [0, 0.05) is 11.1 Å². The van der Waals surface area contributed by atoms with E-state index in [4.69, 9.17) is 15.2 Å². The molecule has 0 saturated carbocycles. The van der Waals surface area contributed by atoms with Crippen molar-refractivity contribution in [1.82, 2.24) is 0 Å². The van der Waals surface area contributed by atoms with Gasteiger partial charge in [-0.15, -0.1) is 0 Å². The van der Waals surface area contributed by atoms with E-state index in [-0.39, 0.29) is 12.3 Å². The Morgan fingerprint density at radius 1 is 1.09 bits per heavy atom. The first-order valence-electron chi connectivity index (χ1n) is 7.61. The molecule has 0 aromatic heterocycles. The first-order chi connectivity index (χ1) is 11.2. The van der Waals surface area contributed by atoms with Crippen LogP contribution in [0.3, 0.4) is 0 Å². The Morgan fingerprint density at radius 2 is 1.87 bits per heavy atom. The van der Waals surface area contributed by atoms with Crippen LogP contribution in [0.25, 0.3) is 0 Å². The van der Waals surface area contributed by atoms with Crippen molar-refractivity contribution in [3.63, 3.8) is 0 Å². The molecule has 116 valence electrons. The molecule has 0 atom stereocenters. The van der Waals surface area contributed by atoms with Crippen molar-refractivity contribution in [2.24, 2.45) is 5.73 Å². The van der Waals surface area contributed by atoms with E-state index in [0.717, 1.165) is 11.1 Å². The summed E-state index contributed by atoms with van der Waals surface area (Å²) in [6.45, 7) is 1.96. The van der Waals surface area contributed by atoms with Crippen molar-refractivity contribution in [2.45, 2.75) is 6.54 Å². The zero-order chi connectivity index (χ0) is 15.8. The van der Waals surface area contributed by atoms with E-state index in [1.807, 2.05) is 28.8 Å². The molecule has 0 bridgehead atoms. The van der Waals surface area contributed by atoms with Crippen molar-refractivity contribution in [3.05, 3.63) is 59.2 Å². The van der Waals surface area contributed by atoms with Crippen LogP contribution < -0.4 is 15.2 Å². The Balaban J connectivity index is 1.56. The van der Waals surface area contributed by atoms with Gasteiger partial charge in [0.15, 0.2) is 11.5 Å². The van der Waals surface area contributed by atoms with E-state index in [2.05, 4.69) is 0 Å². The zero-order valence-electron chi connectivity index (χ0n) is 12.6. The van der Waals surface area contributed by atoms with Gasteiger partial charge >= 0.3 is 0 Å².